The molecule has 0 heterocycles. The average molecular weight is 548 g/mol. The van der Waals surface area contributed by atoms with Crippen LogP contribution in [-0.2, 0) is 14.3 Å². The fourth-order valence-corrected chi connectivity index (χ4v) is 5.70. The number of Topliss-reactive ketones (excluding diaryl/α,β-unsaturated/α-hetero) is 1. The summed E-state index contributed by atoms with van der Waals surface area (Å²) in [4.78, 5) is 39.8. The van der Waals surface area contributed by atoms with Gasteiger partial charge in [0.25, 0.3) is 0 Å². The van der Waals surface area contributed by atoms with Gasteiger partial charge in [-0.3, -0.25) is 19.7 Å². The second-order valence-electron chi connectivity index (χ2n) is 9.81. The third-order valence-electron chi connectivity index (χ3n) is 7.73. The molecule has 2 aliphatic carbocycles. The summed E-state index contributed by atoms with van der Waals surface area (Å²) in [6, 6.07) is 10.8. The lowest BCUT2D eigenvalue weighted by atomic mass is 9.62. The summed E-state index contributed by atoms with van der Waals surface area (Å²) in [5.74, 6) is -1.75. The van der Waals surface area contributed by atoms with Crippen molar-refractivity contribution in [1.29, 1.82) is 0 Å². The van der Waals surface area contributed by atoms with Crippen LogP contribution in [0.2, 0.25) is 0 Å². The van der Waals surface area contributed by atoms with Crippen LogP contribution in [0.15, 0.2) is 72.5 Å². The molecule has 0 N–H and O–H groups in total. The van der Waals surface area contributed by atoms with Crippen molar-refractivity contribution in [3.8, 4) is 17.2 Å². The summed E-state index contributed by atoms with van der Waals surface area (Å²) in [6.45, 7) is 0. The van der Waals surface area contributed by atoms with Gasteiger partial charge >= 0.3 is 0 Å². The first-order valence-electron chi connectivity index (χ1n) is 13.0. The Balaban J connectivity index is 1.76. The number of allylic oxidation sites excluding steroid dienone is 4. The Hall–Kier alpha value is -4.40. The van der Waals surface area contributed by atoms with Crippen molar-refractivity contribution in [3.05, 3.63) is 93.8 Å². The predicted molar refractivity (Wildman–Crippen MR) is 149 cm³/mol. The van der Waals surface area contributed by atoms with Crippen LogP contribution in [0.5, 0.6) is 17.2 Å². The lowest BCUT2D eigenvalue weighted by Crippen LogP contribution is -2.51. The number of ketones is 2. The van der Waals surface area contributed by atoms with Crippen molar-refractivity contribution in [2.45, 2.75) is 24.8 Å². The highest BCUT2D eigenvalue weighted by Gasteiger charge is 2.55. The van der Waals surface area contributed by atoms with Gasteiger partial charge in [0.05, 0.1) is 40.3 Å². The summed E-state index contributed by atoms with van der Waals surface area (Å²) in [6.07, 6.45) is 8.87. The summed E-state index contributed by atoms with van der Waals surface area (Å²) >= 11 is 0. The normalized spacial score (nSPS) is 24.4. The first kappa shape index (κ1) is 28.6. The molecule has 4 rings (SSSR count). The first-order valence-corrected chi connectivity index (χ1v) is 13.0. The molecule has 9 nitrogen and oxygen atoms in total. The van der Waals surface area contributed by atoms with E-state index in [9.17, 15) is 19.7 Å². The van der Waals surface area contributed by atoms with E-state index in [1.54, 1.807) is 68.8 Å². The van der Waals surface area contributed by atoms with Gasteiger partial charge in [0, 0.05) is 17.3 Å². The second kappa shape index (κ2) is 12.6. The Morgan fingerprint density at radius 1 is 0.975 bits per heavy atom. The molecular formula is C31H33NO8. The van der Waals surface area contributed by atoms with Gasteiger partial charge in [-0.15, -0.1) is 0 Å². The number of nitro groups is 1. The maximum Gasteiger partial charge on any atom is 0.224 e. The van der Waals surface area contributed by atoms with Crippen LogP contribution in [0, 0.1) is 27.9 Å². The van der Waals surface area contributed by atoms with Gasteiger partial charge < -0.3 is 18.9 Å². The number of hydrogen-bond acceptors (Lipinski definition) is 8. The van der Waals surface area contributed by atoms with Crippen LogP contribution in [0.4, 0.5) is 0 Å². The highest BCUT2D eigenvalue weighted by Crippen LogP contribution is 2.47. The molecule has 210 valence electrons. The van der Waals surface area contributed by atoms with Gasteiger partial charge in [-0.05, 0) is 66.0 Å². The Kier molecular flexibility index (Phi) is 9.04. The van der Waals surface area contributed by atoms with Crippen LogP contribution in [0.3, 0.4) is 0 Å². The zero-order chi connectivity index (χ0) is 28.8. The minimum Gasteiger partial charge on any atom is -0.497 e. The maximum atomic E-state index is 13.7. The molecule has 2 aromatic rings. The highest BCUT2D eigenvalue weighted by molar-refractivity contribution is 6.10. The van der Waals surface area contributed by atoms with E-state index in [1.165, 1.54) is 20.3 Å². The Morgan fingerprint density at radius 2 is 1.70 bits per heavy atom. The maximum absolute atomic E-state index is 13.7. The molecule has 0 radical (unpaired) electrons. The Labute approximate surface area is 233 Å². The number of rotatable bonds is 10. The largest absolute Gasteiger partial charge is 0.497 e. The van der Waals surface area contributed by atoms with Crippen molar-refractivity contribution in [2.75, 3.05) is 28.4 Å². The standard InChI is InChI=1S/C31H33NO8/c1-37-22-11-5-19(6-12-22)7-15-25(33)30-26(34)18-24(20-8-13-23(38-2)14-9-20)31(32(35)36)29(30)21-10-16-27(39-3)28(17-21)40-4/h5-8,10-17,20,24,29-31H,9,18H2,1-4H3/b15-7+/t20?,24-,29+,30?,31+/m1/s1. The fraction of sp³-hybridized carbons (Fsp3) is 0.355. The molecule has 1 saturated carbocycles. The van der Waals surface area contributed by atoms with Crippen LogP contribution in [-0.4, -0.2) is 51.0 Å². The highest BCUT2D eigenvalue weighted by atomic mass is 16.6. The van der Waals surface area contributed by atoms with Gasteiger partial charge in [0.2, 0.25) is 6.04 Å². The SMILES string of the molecule is COC1=CCC([C@H]2CC(=O)C(C(=O)/C=C/c3ccc(OC)cc3)[C@H](c3ccc(OC)c(OC)c3)[C@H]2[N+](=O)[O-])C=C1. The van der Waals surface area contributed by atoms with Crippen LogP contribution >= 0.6 is 0 Å². The monoisotopic (exact) mass is 547 g/mol. The molecule has 0 saturated heterocycles. The second-order valence-corrected chi connectivity index (χ2v) is 9.81. The van der Waals surface area contributed by atoms with Crippen molar-refractivity contribution in [2.24, 2.45) is 17.8 Å². The van der Waals surface area contributed by atoms with E-state index < -0.39 is 29.6 Å². The quantitative estimate of drug-likeness (QED) is 0.176. The van der Waals surface area contributed by atoms with E-state index in [4.69, 9.17) is 18.9 Å². The smallest absolute Gasteiger partial charge is 0.224 e. The summed E-state index contributed by atoms with van der Waals surface area (Å²) in [5, 5.41) is 12.7. The Bertz CT molecular complexity index is 1340. The topological polar surface area (TPSA) is 114 Å². The van der Waals surface area contributed by atoms with Crippen LogP contribution in [0.1, 0.15) is 29.9 Å². The van der Waals surface area contributed by atoms with E-state index in [1.807, 2.05) is 12.2 Å². The molecule has 0 aromatic heterocycles. The average Bonchev–Trinajstić information content (AvgIpc) is 2.99. The van der Waals surface area contributed by atoms with Crippen molar-refractivity contribution in [3.63, 3.8) is 0 Å². The number of hydrogen-bond donors (Lipinski definition) is 0. The number of ether oxygens (including phenoxy) is 4. The molecule has 0 spiro atoms. The Morgan fingerprint density at radius 3 is 2.27 bits per heavy atom. The molecular weight excluding hydrogens is 514 g/mol. The summed E-state index contributed by atoms with van der Waals surface area (Å²) in [7, 11) is 6.08. The molecule has 40 heavy (non-hydrogen) atoms. The molecule has 0 aliphatic heterocycles. The predicted octanol–water partition coefficient (Wildman–Crippen LogP) is 5.04. The van der Waals surface area contributed by atoms with E-state index >= 15 is 0 Å². The molecule has 0 bridgehead atoms. The molecule has 2 aliphatic rings. The molecule has 0 amide bonds. The fourth-order valence-electron chi connectivity index (χ4n) is 5.70. The van der Waals surface area contributed by atoms with Gasteiger partial charge in [-0.2, -0.15) is 0 Å². The zero-order valence-electron chi connectivity index (χ0n) is 22.9. The van der Waals surface area contributed by atoms with Crippen molar-refractivity contribution >= 4 is 17.6 Å². The van der Waals surface area contributed by atoms with Crippen LogP contribution < -0.4 is 14.2 Å². The zero-order valence-corrected chi connectivity index (χ0v) is 22.9. The number of carbonyl (C=O) groups excluding carboxylic acids is 2. The third-order valence-corrected chi connectivity index (χ3v) is 7.73. The number of benzene rings is 2. The first-order chi connectivity index (χ1) is 19.3. The molecule has 2 unspecified atom stereocenters. The number of carbonyl (C=O) groups is 2. The van der Waals surface area contributed by atoms with E-state index in [0.29, 0.717) is 35.0 Å². The van der Waals surface area contributed by atoms with E-state index in [2.05, 4.69) is 0 Å². The molecule has 5 atom stereocenters. The number of nitrogens with zero attached hydrogens (tertiary/aromatic N) is 1. The van der Waals surface area contributed by atoms with Crippen molar-refractivity contribution < 1.29 is 33.5 Å². The van der Waals surface area contributed by atoms with E-state index in [0.717, 1.165) is 5.56 Å². The third kappa shape index (κ3) is 5.93. The molecule has 1 fully saturated rings. The lowest BCUT2D eigenvalue weighted by Gasteiger charge is -2.39. The van der Waals surface area contributed by atoms with Gasteiger partial charge in [-0.25, -0.2) is 0 Å². The van der Waals surface area contributed by atoms with Gasteiger partial charge in [0.15, 0.2) is 17.3 Å². The van der Waals surface area contributed by atoms with E-state index in [-0.39, 0.29) is 23.0 Å². The van der Waals surface area contributed by atoms with Crippen LogP contribution in [0.25, 0.3) is 6.08 Å². The molecule has 9 heteroatoms. The number of methoxy groups -OCH3 is 4. The minimum absolute atomic E-state index is 0.0760. The molecule has 2 aromatic carbocycles. The summed E-state index contributed by atoms with van der Waals surface area (Å²) in [5.41, 5.74) is 1.21. The van der Waals surface area contributed by atoms with Gasteiger partial charge in [-0.1, -0.05) is 30.4 Å². The minimum atomic E-state index is -1.23. The summed E-state index contributed by atoms with van der Waals surface area (Å²) < 4.78 is 21.3. The lowest BCUT2D eigenvalue weighted by molar-refractivity contribution is -0.540. The van der Waals surface area contributed by atoms with Crippen molar-refractivity contribution in [1.82, 2.24) is 0 Å². The van der Waals surface area contributed by atoms with Gasteiger partial charge in [0.1, 0.15) is 17.3 Å².